The Morgan fingerprint density at radius 3 is 2.39 bits per heavy atom. The lowest BCUT2D eigenvalue weighted by atomic mass is 10.2. The van der Waals surface area contributed by atoms with Crippen LogP contribution in [0.2, 0.25) is 0 Å². The van der Waals surface area contributed by atoms with E-state index >= 15 is 0 Å². The van der Waals surface area contributed by atoms with Crippen LogP contribution in [0, 0.1) is 5.92 Å². The predicted octanol–water partition coefficient (Wildman–Crippen LogP) is 3.53. The third kappa shape index (κ3) is 3.65. The first kappa shape index (κ1) is 19.6. The number of sulfone groups is 1. The first-order chi connectivity index (χ1) is 14.9. The summed E-state index contributed by atoms with van der Waals surface area (Å²) in [7, 11) is -3.60. The molecule has 6 nitrogen and oxygen atoms in total. The van der Waals surface area contributed by atoms with E-state index in [1.165, 1.54) is 48.5 Å². The molecule has 1 saturated carbocycles. The standard InChI is InChI=1S/C24H23N3O3S/c1-16-23(17-7-8-17)26-22-14-11-19(15-27(16)22)25-24(28)18-9-12-21(13-10-18)31(29,30)20-5-3-2-4-6-20/h2-6,9-15,17,22,26H,7-8H2,1H3,(H,25,28). The van der Waals surface area contributed by atoms with E-state index in [-0.39, 0.29) is 21.9 Å². The van der Waals surface area contributed by atoms with Crippen LogP contribution in [0.5, 0.6) is 0 Å². The molecule has 31 heavy (non-hydrogen) atoms. The summed E-state index contributed by atoms with van der Waals surface area (Å²) in [6.45, 7) is 2.10. The molecule has 2 N–H and O–H groups in total. The second kappa shape index (κ2) is 7.42. The fourth-order valence-corrected chi connectivity index (χ4v) is 5.25. The van der Waals surface area contributed by atoms with Gasteiger partial charge in [0.15, 0.2) is 0 Å². The molecular formula is C24H23N3O3S. The van der Waals surface area contributed by atoms with Crippen LogP contribution in [-0.2, 0) is 9.84 Å². The van der Waals surface area contributed by atoms with Crippen LogP contribution in [-0.4, -0.2) is 25.4 Å². The van der Waals surface area contributed by atoms with Crippen molar-refractivity contribution in [1.29, 1.82) is 0 Å². The Kier molecular flexibility index (Phi) is 4.70. The molecule has 158 valence electrons. The molecule has 5 rings (SSSR count). The van der Waals surface area contributed by atoms with E-state index < -0.39 is 9.84 Å². The van der Waals surface area contributed by atoms with Crippen molar-refractivity contribution in [3.8, 4) is 0 Å². The van der Waals surface area contributed by atoms with Crippen LogP contribution in [0.3, 0.4) is 0 Å². The smallest absolute Gasteiger partial charge is 0.255 e. The maximum atomic E-state index is 12.7. The Morgan fingerprint density at radius 2 is 1.71 bits per heavy atom. The minimum absolute atomic E-state index is 0.0960. The number of fused-ring (bicyclic) bond motifs is 1. The largest absolute Gasteiger partial charge is 0.363 e. The number of carbonyl (C=O) groups is 1. The van der Waals surface area contributed by atoms with Gasteiger partial charge in [0.2, 0.25) is 9.84 Å². The Bertz CT molecular complexity index is 1220. The molecule has 0 saturated heterocycles. The molecule has 1 atom stereocenters. The average molecular weight is 434 g/mol. The highest BCUT2D eigenvalue weighted by atomic mass is 32.2. The summed E-state index contributed by atoms with van der Waals surface area (Å²) < 4.78 is 25.4. The molecule has 1 amide bonds. The zero-order valence-corrected chi connectivity index (χ0v) is 17.9. The van der Waals surface area contributed by atoms with E-state index in [1.54, 1.807) is 30.3 Å². The Hall–Kier alpha value is -3.32. The monoisotopic (exact) mass is 433 g/mol. The van der Waals surface area contributed by atoms with Crippen LogP contribution < -0.4 is 10.6 Å². The number of nitrogens with zero attached hydrogens (tertiary/aromatic N) is 1. The number of benzene rings is 2. The average Bonchev–Trinajstić information content (AvgIpc) is 3.58. The first-order valence-corrected chi connectivity index (χ1v) is 11.8. The van der Waals surface area contributed by atoms with E-state index in [9.17, 15) is 13.2 Å². The van der Waals surface area contributed by atoms with E-state index in [4.69, 9.17) is 0 Å². The van der Waals surface area contributed by atoms with Crippen molar-refractivity contribution in [2.75, 3.05) is 0 Å². The van der Waals surface area contributed by atoms with Gasteiger partial charge in [0.05, 0.1) is 15.5 Å². The van der Waals surface area contributed by atoms with E-state index in [2.05, 4.69) is 22.5 Å². The summed E-state index contributed by atoms with van der Waals surface area (Å²) in [5, 5.41) is 6.46. The van der Waals surface area contributed by atoms with Gasteiger partial charge in [-0.15, -0.1) is 0 Å². The Balaban J connectivity index is 1.31. The minimum atomic E-state index is -3.60. The van der Waals surface area contributed by atoms with Crippen molar-refractivity contribution in [3.05, 3.63) is 95.6 Å². The van der Waals surface area contributed by atoms with Gasteiger partial charge in [0, 0.05) is 29.1 Å². The first-order valence-electron chi connectivity index (χ1n) is 10.3. The van der Waals surface area contributed by atoms with Gasteiger partial charge in [-0.25, -0.2) is 8.42 Å². The lowest BCUT2D eigenvalue weighted by Gasteiger charge is -2.26. The summed E-state index contributed by atoms with van der Waals surface area (Å²) in [4.78, 5) is 15.2. The van der Waals surface area contributed by atoms with Gasteiger partial charge in [0.25, 0.3) is 5.91 Å². The van der Waals surface area contributed by atoms with Crippen molar-refractivity contribution < 1.29 is 13.2 Å². The highest BCUT2D eigenvalue weighted by Gasteiger charge is 2.36. The minimum Gasteiger partial charge on any atom is -0.363 e. The summed E-state index contributed by atoms with van der Waals surface area (Å²) in [5.41, 5.74) is 3.59. The molecule has 1 aliphatic carbocycles. The number of amides is 1. The molecule has 2 aliphatic heterocycles. The molecule has 0 spiro atoms. The van der Waals surface area contributed by atoms with Gasteiger partial charge in [-0.05, 0) is 68.3 Å². The van der Waals surface area contributed by atoms with Gasteiger partial charge in [-0.1, -0.05) is 18.2 Å². The number of nitrogens with one attached hydrogen (secondary N) is 2. The lowest BCUT2D eigenvalue weighted by Crippen LogP contribution is -2.36. The van der Waals surface area contributed by atoms with Gasteiger partial charge in [-0.2, -0.15) is 0 Å². The Morgan fingerprint density at radius 1 is 1.03 bits per heavy atom. The molecule has 3 aliphatic rings. The molecular weight excluding hydrogens is 410 g/mol. The zero-order chi connectivity index (χ0) is 21.6. The molecule has 0 radical (unpaired) electrons. The normalized spacial score (nSPS) is 20.2. The van der Waals surface area contributed by atoms with E-state index in [0.717, 1.165) is 0 Å². The van der Waals surface area contributed by atoms with E-state index in [1.807, 2.05) is 18.4 Å². The van der Waals surface area contributed by atoms with Gasteiger partial charge in [0.1, 0.15) is 6.17 Å². The molecule has 2 aromatic rings. The maximum absolute atomic E-state index is 12.7. The highest BCUT2D eigenvalue weighted by molar-refractivity contribution is 7.91. The van der Waals surface area contributed by atoms with Crippen LogP contribution in [0.4, 0.5) is 0 Å². The molecule has 2 heterocycles. The molecule has 2 aromatic carbocycles. The molecule has 1 fully saturated rings. The summed E-state index contributed by atoms with van der Waals surface area (Å²) in [5.74, 6) is 0.352. The zero-order valence-electron chi connectivity index (χ0n) is 17.1. The maximum Gasteiger partial charge on any atom is 0.255 e. The molecule has 0 aromatic heterocycles. The number of hydrogen-bond donors (Lipinski definition) is 2. The quantitative estimate of drug-likeness (QED) is 0.754. The lowest BCUT2D eigenvalue weighted by molar-refractivity contribution is 0.0966. The van der Waals surface area contributed by atoms with Crippen molar-refractivity contribution in [2.45, 2.75) is 35.7 Å². The highest BCUT2D eigenvalue weighted by Crippen LogP contribution is 2.41. The fourth-order valence-electron chi connectivity index (χ4n) is 3.97. The van der Waals surface area contributed by atoms with Crippen molar-refractivity contribution in [1.82, 2.24) is 15.5 Å². The van der Waals surface area contributed by atoms with E-state index in [0.29, 0.717) is 17.2 Å². The topological polar surface area (TPSA) is 78.5 Å². The van der Waals surface area contributed by atoms with Crippen LogP contribution >= 0.6 is 0 Å². The Labute approximate surface area is 181 Å². The number of rotatable bonds is 5. The van der Waals surface area contributed by atoms with Gasteiger partial charge in [-0.3, -0.25) is 4.79 Å². The second-order valence-corrected chi connectivity index (χ2v) is 9.96. The van der Waals surface area contributed by atoms with Crippen LogP contribution in [0.15, 0.2) is 99.8 Å². The van der Waals surface area contributed by atoms with Crippen molar-refractivity contribution >= 4 is 15.7 Å². The third-order valence-electron chi connectivity index (χ3n) is 5.84. The summed E-state index contributed by atoms with van der Waals surface area (Å²) in [6.07, 6.45) is 8.42. The molecule has 0 bridgehead atoms. The summed E-state index contributed by atoms with van der Waals surface area (Å²) >= 11 is 0. The number of allylic oxidation sites excluding steroid dienone is 3. The number of hydrogen-bond acceptors (Lipinski definition) is 5. The number of carbonyl (C=O) groups excluding carboxylic acids is 1. The SMILES string of the molecule is CC1=C(C2CC2)NC2C=CC(NC(=O)c3ccc(S(=O)(=O)c4ccccc4)cc3)=CN12. The molecule has 7 heteroatoms. The van der Waals surface area contributed by atoms with Crippen LogP contribution in [0.25, 0.3) is 0 Å². The second-order valence-electron chi connectivity index (χ2n) is 8.01. The van der Waals surface area contributed by atoms with Gasteiger partial charge >= 0.3 is 0 Å². The summed E-state index contributed by atoms with van der Waals surface area (Å²) in [6, 6.07) is 14.3. The van der Waals surface area contributed by atoms with Crippen molar-refractivity contribution in [2.24, 2.45) is 5.92 Å². The van der Waals surface area contributed by atoms with Crippen LogP contribution in [0.1, 0.15) is 30.1 Å². The van der Waals surface area contributed by atoms with Crippen molar-refractivity contribution in [3.63, 3.8) is 0 Å². The molecule has 1 unspecified atom stereocenters. The fraction of sp³-hybridized carbons (Fsp3) is 0.208. The third-order valence-corrected chi connectivity index (χ3v) is 7.63. The predicted molar refractivity (Wildman–Crippen MR) is 117 cm³/mol. The van der Waals surface area contributed by atoms with Gasteiger partial charge < -0.3 is 15.5 Å².